The molecule has 4 heteroatoms. The van der Waals surface area contributed by atoms with Crippen LogP contribution in [0.25, 0.3) is 0 Å². The molecule has 4 rings (SSSR count). The number of ether oxygens (including phenoxy) is 1. The standard InChI is InChI=1S/C24H36N2O2/c1-3-4-5-8-19-13-20-11-12-21(14-19)25(20)15-18(2)16-26-22-9-6-7-10-23(22)28-17-24(26)27/h6-7,9-10,18-21H,3-5,8,11-17H2,1-2H3/t18-,19?,20?,21?/m1/s1. The van der Waals surface area contributed by atoms with Gasteiger partial charge in [-0.25, -0.2) is 0 Å². The van der Waals surface area contributed by atoms with Crippen molar-refractivity contribution in [2.45, 2.75) is 77.3 Å². The van der Waals surface area contributed by atoms with Gasteiger partial charge in [0.2, 0.25) is 0 Å². The predicted octanol–water partition coefficient (Wildman–Crippen LogP) is 4.87. The summed E-state index contributed by atoms with van der Waals surface area (Å²) in [5.41, 5.74) is 0.934. The van der Waals surface area contributed by atoms with Crippen LogP contribution in [0.3, 0.4) is 0 Å². The van der Waals surface area contributed by atoms with E-state index in [9.17, 15) is 4.79 Å². The highest BCUT2D eigenvalue weighted by Crippen LogP contribution is 2.41. The molecule has 0 saturated carbocycles. The first-order chi connectivity index (χ1) is 13.7. The average molecular weight is 385 g/mol. The Morgan fingerprint density at radius 1 is 1.11 bits per heavy atom. The lowest BCUT2D eigenvalue weighted by Gasteiger charge is -2.41. The van der Waals surface area contributed by atoms with Crippen molar-refractivity contribution < 1.29 is 9.53 Å². The fraction of sp³-hybridized carbons (Fsp3) is 0.708. The van der Waals surface area contributed by atoms with E-state index in [0.717, 1.165) is 42.5 Å². The van der Waals surface area contributed by atoms with Crippen molar-refractivity contribution in [3.63, 3.8) is 0 Å². The minimum absolute atomic E-state index is 0.0863. The minimum Gasteiger partial charge on any atom is -0.482 e. The molecule has 0 N–H and O–H groups in total. The molecule has 1 amide bonds. The molecule has 2 unspecified atom stereocenters. The number of amides is 1. The second-order valence-electron chi connectivity index (χ2n) is 9.28. The lowest BCUT2D eigenvalue weighted by molar-refractivity contribution is -0.121. The van der Waals surface area contributed by atoms with Gasteiger partial charge < -0.3 is 9.64 Å². The van der Waals surface area contributed by atoms with Crippen LogP contribution in [0.2, 0.25) is 0 Å². The van der Waals surface area contributed by atoms with Gasteiger partial charge in [0.05, 0.1) is 5.69 Å². The molecule has 2 fully saturated rings. The van der Waals surface area contributed by atoms with Crippen molar-refractivity contribution in [2.75, 3.05) is 24.6 Å². The molecule has 0 spiro atoms. The Kier molecular flexibility index (Phi) is 6.25. The number of benzene rings is 1. The van der Waals surface area contributed by atoms with Crippen LogP contribution in [0, 0.1) is 11.8 Å². The molecule has 0 aromatic heterocycles. The van der Waals surface area contributed by atoms with Crippen molar-refractivity contribution in [1.82, 2.24) is 4.90 Å². The van der Waals surface area contributed by atoms with Crippen LogP contribution >= 0.6 is 0 Å². The summed E-state index contributed by atoms with van der Waals surface area (Å²) in [7, 11) is 0. The van der Waals surface area contributed by atoms with E-state index < -0.39 is 0 Å². The normalized spacial score (nSPS) is 28.1. The molecular weight excluding hydrogens is 348 g/mol. The Morgan fingerprint density at radius 3 is 2.61 bits per heavy atom. The molecule has 3 atom stereocenters. The Bertz CT molecular complexity index is 662. The zero-order chi connectivity index (χ0) is 19.5. The molecule has 1 aromatic carbocycles. The summed E-state index contributed by atoms with van der Waals surface area (Å²) < 4.78 is 5.59. The van der Waals surface area contributed by atoms with Crippen molar-refractivity contribution in [2.24, 2.45) is 11.8 Å². The van der Waals surface area contributed by atoms with Gasteiger partial charge in [0, 0.05) is 25.2 Å². The molecule has 3 aliphatic rings. The third-order valence-corrected chi connectivity index (χ3v) is 7.02. The first kappa shape index (κ1) is 19.8. The SMILES string of the molecule is CCCCCC1CC2CCC(C1)N2C[C@@H](C)CN1C(=O)COc2ccccc21. The van der Waals surface area contributed by atoms with Crippen molar-refractivity contribution in [3.8, 4) is 5.75 Å². The number of rotatable bonds is 8. The number of unbranched alkanes of at least 4 members (excludes halogenated alkanes) is 2. The quantitative estimate of drug-likeness (QED) is 0.599. The van der Waals surface area contributed by atoms with Gasteiger partial charge in [-0.2, -0.15) is 0 Å². The van der Waals surface area contributed by atoms with Crippen molar-refractivity contribution in [1.29, 1.82) is 0 Å². The number of nitrogens with zero attached hydrogens (tertiary/aromatic N) is 2. The molecule has 1 aromatic rings. The van der Waals surface area contributed by atoms with Gasteiger partial charge in [0.15, 0.2) is 6.61 Å². The second kappa shape index (κ2) is 8.86. The summed E-state index contributed by atoms with van der Waals surface area (Å²) in [6, 6.07) is 9.48. The van der Waals surface area contributed by atoms with Crippen LogP contribution in [-0.2, 0) is 4.79 Å². The van der Waals surface area contributed by atoms with Crippen molar-refractivity contribution in [3.05, 3.63) is 24.3 Å². The lowest BCUT2D eigenvalue weighted by Crippen LogP contribution is -2.48. The van der Waals surface area contributed by atoms with Gasteiger partial charge in [-0.3, -0.25) is 9.69 Å². The number of fused-ring (bicyclic) bond motifs is 3. The maximum atomic E-state index is 12.5. The summed E-state index contributed by atoms with van der Waals surface area (Å²) in [5.74, 6) is 2.34. The van der Waals surface area contributed by atoms with Gasteiger partial charge >= 0.3 is 0 Å². The molecule has 0 radical (unpaired) electrons. The number of hydrogen-bond donors (Lipinski definition) is 0. The zero-order valence-electron chi connectivity index (χ0n) is 17.6. The Morgan fingerprint density at radius 2 is 1.86 bits per heavy atom. The molecular formula is C24H36N2O2. The lowest BCUT2D eigenvalue weighted by atomic mass is 9.86. The number of para-hydroxylation sites is 2. The molecule has 0 aliphatic carbocycles. The smallest absolute Gasteiger partial charge is 0.265 e. The third-order valence-electron chi connectivity index (χ3n) is 7.02. The van der Waals surface area contributed by atoms with Gasteiger partial charge in [-0.05, 0) is 49.7 Å². The Labute approximate surface area is 170 Å². The topological polar surface area (TPSA) is 32.8 Å². The highest BCUT2D eigenvalue weighted by atomic mass is 16.5. The summed E-state index contributed by atoms with van der Waals surface area (Å²) in [6.45, 7) is 6.67. The Balaban J connectivity index is 1.34. The summed E-state index contributed by atoms with van der Waals surface area (Å²) in [6.07, 6.45) is 11.1. The number of carbonyl (C=O) groups excluding carboxylic acids is 1. The summed E-state index contributed by atoms with van der Waals surface area (Å²) in [4.78, 5) is 17.2. The average Bonchev–Trinajstić information content (AvgIpc) is 2.92. The van der Waals surface area contributed by atoms with E-state index in [0.29, 0.717) is 5.92 Å². The maximum Gasteiger partial charge on any atom is 0.265 e. The van der Waals surface area contributed by atoms with E-state index in [1.54, 1.807) is 0 Å². The highest BCUT2D eigenvalue weighted by molar-refractivity contribution is 5.97. The zero-order valence-corrected chi connectivity index (χ0v) is 17.6. The van der Waals surface area contributed by atoms with E-state index in [-0.39, 0.29) is 12.5 Å². The van der Waals surface area contributed by atoms with Gasteiger partial charge in [0.25, 0.3) is 5.91 Å². The molecule has 4 nitrogen and oxygen atoms in total. The molecule has 3 heterocycles. The third kappa shape index (κ3) is 4.22. The van der Waals surface area contributed by atoms with Gasteiger partial charge in [0.1, 0.15) is 5.75 Å². The predicted molar refractivity (Wildman–Crippen MR) is 114 cm³/mol. The first-order valence-corrected chi connectivity index (χ1v) is 11.4. The number of hydrogen-bond acceptors (Lipinski definition) is 3. The summed E-state index contributed by atoms with van der Waals surface area (Å²) in [5, 5.41) is 0. The molecule has 3 aliphatic heterocycles. The van der Waals surface area contributed by atoms with Gasteiger partial charge in [-0.15, -0.1) is 0 Å². The fourth-order valence-corrected chi connectivity index (χ4v) is 5.69. The molecule has 2 bridgehead atoms. The van der Waals surface area contributed by atoms with E-state index in [1.165, 1.54) is 51.4 Å². The summed E-state index contributed by atoms with van der Waals surface area (Å²) >= 11 is 0. The van der Waals surface area contributed by atoms with Crippen LogP contribution in [0.1, 0.15) is 65.2 Å². The second-order valence-corrected chi connectivity index (χ2v) is 9.28. The van der Waals surface area contributed by atoms with Crippen molar-refractivity contribution >= 4 is 11.6 Å². The maximum absolute atomic E-state index is 12.5. The fourth-order valence-electron chi connectivity index (χ4n) is 5.69. The van der Waals surface area contributed by atoms with E-state index >= 15 is 0 Å². The van der Waals surface area contributed by atoms with E-state index in [4.69, 9.17) is 4.74 Å². The molecule has 154 valence electrons. The number of carbonyl (C=O) groups is 1. The first-order valence-electron chi connectivity index (χ1n) is 11.4. The highest BCUT2D eigenvalue weighted by Gasteiger charge is 2.41. The monoisotopic (exact) mass is 384 g/mol. The van der Waals surface area contributed by atoms with Crippen LogP contribution in [0.4, 0.5) is 5.69 Å². The number of anilines is 1. The van der Waals surface area contributed by atoms with E-state index in [2.05, 4.69) is 18.7 Å². The molecule has 28 heavy (non-hydrogen) atoms. The van der Waals surface area contributed by atoms with Crippen LogP contribution in [-0.4, -0.2) is 42.6 Å². The minimum atomic E-state index is 0.0863. The van der Waals surface area contributed by atoms with Crippen LogP contribution < -0.4 is 9.64 Å². The Hall–Kier alpha value is -1.55. The van der Waals surface area contributed by atoms with Crippen LogP contribution in [0.15, 0.2) is 24.3 Å². The van der Waals surface area contributed by atoms with E-state index in [1.807, 2.05) is 29.2 Å². The van der Waals surface area contributed by atoms with Crippen LogP contribution in [0.5, 0.6) is 5.75 Å². The molecule has 2 saturated heterocycles. The largest absolute Gasteiger partial charge is 0.482 e. The number of piperidine rings is 1. The van der Waals surface area contributed by atoms with Gasteiger partial charge in [-0.1, -0.05) is 51.7 Å².